The molecular weight excluding hydrogens is 360 g/mol. The lowest BCUT2D eigenvalue weighted by Crippen LogP contribution is -2.41. The van der Waals surface area contributed by atoms with Crippen LogP contribution >= 0.6 is 0 Å². The Morgan fingerprint density at radius 3 is 2.41 bits per heavy atom. The molecule has 1 aromatic carbocycles. The van der Waals surface area contributed by atoms with Crippen molar-refractivity contribution in [1.82, 2.24) is 14.9 Å². The fraction of sp³-hybridized carbons (Fsp3) is 0.542. The van der Waals surface area contributed by atoms with Crippen LogP contribution in [0.2, 0.25) is 0 Å². The Morgan fingerprint density at radius 1 is 0.966 bits per heavy atom. The normalized spacial score (nSPS) is 17.8. The highest BCUT2D eigenvalue weighted by molar-refractivity contribution is 5.79. The number of hydrogen-bond donors (Lipinski definition) is 0. The van der Waals surface area contributed by atoms with Gasteiger partial charge in [-0.05, 0) is 45.6 Å². The Kier molecular flexibility index (Phi) is 5.84. The van der Waals surface area contributed by atoms with Crippen molar-refractivity contribution >= 4 is 11.7 Å². The van der Waals surface area contributed by atoms with E-state index in [9.17, 15) is 4.79 Å². The van der Waals surface area contributed by atoms with Crippen molar-refractivity contribution in [2.75, 3.05) is 31.1 Å². The van der Waals surface area contributed by atoms with Crippen LogP contribution in [0.5, 0.6) is 0 Å². The monoisotopic (exact) mass is 392 g/mol. The molecule has 1 aliphatic heterocycles. The predicted molar refractivity (Wildman–Crippen MR) is 116 cm³/mol. The maximum Gasteiger partial charge on any atom is 0.225 e. The number of rotatable bonds is 4. The summed E-state index contributed by atoms with van der Waals surface area (Å²) in [6.45, 7) is 9.61. The molecule has 1 saturated heterocycles. The first-order valence-corrected chi connectivity index (χ1v) is 10.9. The zero-order valence-electron chi connectivity index (χ0n) is 17.9. The molecule has 2 aromatic rings. The van der Waals surface area contributed by atoms with Gasteiger partial charge >= 0.3 is 0 Å². The van der Waals surface area contributed by atoms with Crippen LogP contribution < -0.4 is 4.90 Å². The van der Waals surface area contributed by atoms with Gasteiger partial charge in [-0.1, -0.05) is 36.2 Å². The molecule has 2 aliphatic rings. The first-order valence-electron chi connectivity index (χ1n) is 10.9. The van der Waals surface area contributed by atoms with Gasteiger partial charge < -0.3 is 9.80 Å². The summed E-state index contributed by atoms with van der Waals surface area (Å²) >= 11 is 0. The van der Waals surface area contributed by atoms with Gasteiger partial charge in [-0.25, -0.2) is 9.97 Å². The number of benzene rings is 1. The molecule has 5 heteroatoms. The smallest absolute Gasteiger partial charge is 0.225 e. The molecule has 154 valence electrons. The zero-order valence-corrected chi connectivity index (χ0v) is 17.9. The molecule has 0 bridgehead atoms. The quantitative estimate of drug-likeness (QED) is 0.793. The fourth-order valence-electron chi connectivity index (χ4n) is 4.36. The summed E-state index contributed by atoms with van der Waals surface area (Å²) < 4.78 is 0. The zero-order chi connectivity index (χ0) is 20.4. The van der Waals surface area contributed by atoms with Crippen LogP contribution in [0.15, 0.2) is 24.3 Å². The number of nitrogens with zero attached hydrogens (tertiary/aromatic N) is 4. The first-order chi connectivity index (χ1) is 14.0. The summed E-state index contributed by atoms with van der Waals surface area (Å²) in [5, 5.41) is 0. The number of carbonyl (C=O) groups is 1. The second-order valence-corrected chi connectivity index (χ2v) is 8.61. The SMILES string of the molecule is Cc1ccc(Cc2c(C)nc(C)nc2N2CCCN(C(=O)C3CCC3)CC2)cc1. The first kappa shape index (κ1) is 19.9. The molecule has 29 heavy (non-hydrogen) atoms. The molecule has 1 amide bonds. The highest BCUT2D eigenvalue weighted by atomic mass is 16.2. The molecule has 0 unspecified atom stereocenters. The fourth-order valence-corrected chi connectivity index (χ4v) is 4.36. The van der Waals surface area contributed by atoms with Gasteiger partial charge in [0.15, 0.2) is 0 Å². The maximum absolute atomic E-state index is 12.7. The Balaban J connectivity index is 1.55. The van der Waals surface area contributed by atoms with Crippen molar-refractivity contribution in [3.05, 3.63) is 52.5 Å². The standard InChI is InChI=1S/C24H32N4O/c1-17-8-10-20(11-9-17)16-22-18(2)25-19(3)26-23(22)27-12-5-13-28(15-14-27)24(29)21-6-4-7-21/h8-11,21H,4-7,12-16H2,1-3H3. The number of anilines is 1. The van der Waals surface area contributed by atoms with Crippen molar-refractivity contribution in [2.24, 2.45) is 5.92 Å². The molecule has 2 fully saturated rings. The van der Waals surface area contributed by atoms with E-state index in [0.717, 1.165) is 69.2 Å². The molecule has 2 heterocycles. The molecule has 0 spiro atoms. The third kappa shape index (κ3) is 4.44. The lowest BCUT2D eigenvalue weighted by molar-refractivity contribution is -0.137. The van der Waals surface area contributed by atoms with Gasteiger partial charge in [-0.3, -0.25) is 4.79 Å². The highest BCUT2D eigenvalue weighted by Crippen LogP contribution is 2.29. The Hall–Kier alpha value is -2.43. The minimum Gasteiger partial charge on any atom is -0.354 e. The highest BCUT2D eigenvalue weighted by Gasteiger charge is 2.31. The molecular formula is C24H32N4O. The minimum absolute atomic E-state index is 0.280. The van der Waals surface area contributed by atoms with Gasteiger partial charge in [0, 0.05) is 49.8 Å². The van der Waals surface area contributed by atoms with Crippen LogP contribution in [0.25, 0.3) is 0 Å². The molecule has 1 aliphatic carbocycles. The molecule has 1 saturated carbocycles. The number of carbonyl (C=O) groups excluding carboxylic acids is 1. The van der Waals surface area contributed by atoms with Crippen molar-refractivity contribution in [3.8, 4) is 0 Å². The number of hydrogen-bond acceptors (Lipinski definition) is 4. The van der Waals surface area contributed by atoms with Crippen molar-refractivity contribution in [2.45, 2.75) is 52.9 Å². The topological polar surface area (TPSA) is 49.3 Å². The van der Waals surface area contributed by atoms with Crippen LogP contribution in [0.3, 0.4) is 0 Å². The molecule has 1 aromatic heterocycles. The largest absolute Gasteiger partial charge is 0.354 e. The average Bonchev–Trinajstić information content (AvgIpc) is 2.90. The summed E-state index contributed by atoms with van der Waals surface area (Å²) in [6.07, 6.45) is 5.18. The minimum atomic E-state index is 0.280. The second-order valence-electron chi connectivity index (χ2n) is 8.61. The summed E-state index contributed by atoms with van der Waals surface area (Å²) in [5.41, 5.74) is 4.82. The Labute approximate surface area is 174 Å². The van der Waals surface area contributed by atoms with E-state index in [4.69, 9.17) is 4.98 Å². The average molecular weight is 393 g/mol. The van der Waals surface area contributed by atoms with E-state index in [-0.39, 0.29) is 5.92 Å². The molecule has 0 N–H and O–H groups in total. The molecule has 4 rings (SSSR count). The van der Waals surface area contributed by atoms with Crippen LogP contribution in [0, 0.1) is 26.7 Å². The summed E-state index contributed by atoms with van der Waals surface area (Å²) in [5.74, 6) is 2.51. The predicted octanol–water partition coefficient (Wildman–Crippen LogP) is 3.83. The van der Waals surface area contributed by atoms with Gasteiger partial charge in [0.1, 0.15) is 11.6 Å². The third-order valence-corrected chi connectivity index (χ3v) is 6.37. The summed E-state index contributed by atoms with van der Waals surface area (Å²) in [4.78, 5) is 26.7. The van der Waals surface area contributed by atoms with Gasteiger partial charge in [0.2, 0.25) is 5.91 Å². The van der Waals surface area contributed by atoms with Gasteiger partial charge in [-0.2, -0.15) is 0 Å². The van der Waals surface area contributed by atoms with E-state index >= 15 is 0 Å². The third-order valence-electron chi connectivity index (χ3n) is 6.37. The van der Waals surface area contributed by atoms with Gasteiger partial charge in [0.25, 0.3) is 0 Å². The van der Waals surface area contributed by atoms with E-state index < -0.39 is 0 Å². The number of aryl methyl sites for hydroxylation is 3. The van der Waals surface area contributed by atoms with Crippen LogP contribution in [-0.2, 0) is 11.2 Å². The summed E-state index contributed by atoms with van der Waals surface area (Å²) in [6, 6.07) is 8.71. The molecule has 0 radical (unpaired) electrons. The Bertz CT molecular complexity index is 873. The van der Waals surface area contributed by atoms with Gasteiger partial charge in [-0.15, -0.1) is 0 Å². The van der Waals surface area contributed by atoms with E-state index in [2.05, 4.69) is 52.9 Å². The van der Waals surface area contributed by atoms with E-state index in [1.165, 1.54) is 23.1 Å². The number of amides is 1. The van der Waals surface area contributed by atoms with Crippen LogP contribution in [0.4, 0.5) is 5.82 Å². The summed E-state index contributed by atoms with van der Waals surface area (Å²) in [7, 11) is 0. The van der Waals surface area contributed by atoms with Crippen LogP contribution in [-0.4, -0.2) is 47.0 Å². The van der Waals surface area contributed by atoms with E-state index in [1.54, 1.807) is 0 Å². The Morgan fingerprint density at radius 2 is 1.72 bits per heavy atom. The molecule has 0 atom stereocenters. The van der Waals surface area contributed by atoms with Crippen molar-refractivity contribution < 1.29 is 4.79 Å². The lowest BCUT2D eigenvalue weighted by atomic mass is 9.84. The van der Waals surface area contributed by atoms with Crippen molar-refractivity contribution in [1.29, 1.82) is 0 Å². The van der Waals surface area contributed by atoms with E-state index in [0.29, 0.717) is 5.91 Å². The maximum atomic E-state index is 12.7. The van der Waals surface area contributed by atoms with Gasteiger partial charge in [0.05, 0.1) is 0 Å². The number of aromatic nitrogens is 2. The van der Waals surface area contributed by atoms with Crippen molar-refractivity contribution in [3.63, 3.8) is 0 Å². The van der Waals surface area contributed by atoms with Crippen LogP contribution in [0.1, 0.15) is 53.9 Å². The lowest BCUT2D eigenvalue weighted by Gasteiger charge is -2.31. The molecule has 5 nitrogen and oxygen atoms in total. The van der Waals surface area contributed by atoms with E-state index in [1.807, 2.05) is 6.92 Å². The second kappa shape index (κ2) is 8.52.